The molecule has 0 saturated heterocycles. The topological polar surface area (TPSA) is 37.3 Å². The van der Waals surface area contributed by atoms with Crippen LogP contribution < -0.4 is 0 Å². The Morgan fingerprint density at radius 1 is 0.765 bits per heavy atom. The fraction of sp³-hybridized carbons (Fsp3) is 0.929. The van der Waals surface area contributed by atoms with Crippen molar-refractivity contribution in [2.75, 3.05) is 0 Å². The molecule has 0 amide bonds. The number of carboxylic acid groups (broad SMARTS) is 1. The van der Waals surface area contributed by atoms with Gasteiger partial charge >= 0.3 is 5.97 Å². The van der Waals surface area contributed by atoms with E-state index in [0.29, 0.717) is 6.42 Å². The van der Waals surface area contributed by atoms with Gasteiger partial charge in [-0.25, -0.2) is 0 Å². The summed E-state index contributed by atoms with van der Waals surface area (Å²) in [4.78, 5) is 10.3. The average molecular weight is 391 g/mol. The SMILES string of the molecule is CCCCCCCCCCCCCC(=O)O.[Dy]. The Kier molecular flexibility index (Phi) is 19.8. The Balaban J connectivity index is 0. The van der Waals surface area contributed by atoms with Crippen LogP contribution in [-0.2, 0) is 4.79 Å². The minimum Gasteiger partial charge on any atom is -0.481 e. The molecule has 0 aromatic heterocycles. The van der Waals surface area contributed by atoms with Crippen molar-refractivity contribution >= 4 is 5.97 Å². The predicted octanol–water partition coefficient (Wildman–Crippen LogP) is 4.77. The summed E-state index contributed by atoms with van der Waals surface area (Å²) in [6.45, 7) is 2.25. The van der Waals surface area contributed by atoms with E-state index in [0.717, 1.165) is 12.8 Å². The van der Waals surface area contributed by atoms with E-state index in [2.05, 4.69) is 6.92 Å². The molecule has 0 bridgehead atoms. The molecule has 106 valence electrons. The first-order chi connectivity index (χ1) is 7.77. The van der Waals surface area contributed by atoms with Crippen LogP contribution in [0, 0.1) is 38.2 Å². The molecule has 0 aromatic carbocycles. The van der Waals surface area contributed by atoms with Crippen LogP contribution in [0.15, 0.2) is 0 Å². The maximum atomic E-state index is 10.3. The Labute approximate surface area is 137 Å². The van der Waals surface area contributed by atoms with Crippen molar-refractivity contribution in [3.63, 3.8) is 0 Å². The van der Waals surface area contributed by atoms with E-state index in [9.17, 15) is 4.79 Å². The van der Waals surface area contributed by atoms with Gasteiger partial charge in [0.2, 0.25) is 0 Å². The molecule has 0 heterocycles. The first-order valence-electron chi connectivity index (χ1n) is 6.99. The van der Waals surface area contributed by atoms with Crippen LogP contribution in [0.1, 0.15) is 84.0 Å². The second-order valence-electron chi connectivity index (χ2n) is 4.68. The summed E-state index contributed by atoms with van der Waals surface area (Å²) in [5, 5.41) is 8.46. The molecule has 2 nitrogen and oxygen atoms in total. The number of carboxylic acids is 1. The van der Waals surface area contributed by atoms with E-state index < -0.39 is 5.97 Å². The van der Waals surface area contributed by atoms with Gasteiger partial charge in [0.25, 0.3) is 0 Å². The van der Waals surface area contributed by atoms with Crippen molar-refractivity contribution < 1.29 is 48.1 Å². The maximum Gasteiger partial charge on any atom is 0.303 e. The minimum absolute atomic E-state index is 0. The van der Waals surface area contributed by atoms with Crippen LogP contribution in [0.3, 0.4) is 0 Å². The third-order valence-electron chi connectivity index (χ3n) is 2.99. The zero-order chi connectivity index (χ0) is 12.1. The molecule has 0 radical (unpaired) electrons. The van der Waals surface area contributed by atoms with Crippen LogP contribution in [0.4, 0.5) is 0 Å². The molecule has 0 aliphatic heterocycles. The number of rotatable bonds is 12. The number of hydrogen-bond donors (Lipinski definition) is 1. The quantitative estimate of drug-likeness (QED) is 0.487. The molecule has 1 N–H and O–H groups in total. The molecule has 0 aromatic rings. The van der Waals surface area contributed by atoms with Crippen molar-refractivity contribution in [2.45, 2.75) is 84.0 Å². The van der Waals surface area contributed by atoms with Crippen LogP contribution in [0.2, 0.25) is 0 Å². The molecule has 0 aliphatic carbocycles. The van der Waals surface area contributed by atoms with Crippen LogP contribution in [-0.4, -0.2) is 11.1 Å². The van der Waals surface area contributed by atoms with E-state index >= 15 is 0 Å². The van der Waals surface area contributed by atoms with Gasteiger partial charge < -0.3 is 5.11 Å². The summed E-state index contributed by atoms with van der Waals surface area (Å²) in [5.41, 5.74) is 0. The fourth-order valence-corrected chi connectivity index (χ4v) is 1.94. The van der Waals surface area contributed by atoms with E-state index in [1.165, 1.54) is 57.8 Å². The summed E-state index contributed by atoms with van der Waals surface area (Å²) >= 11 is 0. The zero-order valence-corrected chi connectivity index (χ0v) is 13.2. The van der Waals surface area contributed by atoms with Gasteiger partial charge in [-0.3, -0.25) is 4.79 Å². The Bertz CT molecular complexity index is 160. The first-order valence-corrected chi connectivity index (χ1v) is 6.99. The summed E-state index contributed by atoms with van der Waals surface area (Å²) < 4.78 is 0. The zero-order valence-electron chi connectivity index (χ0n) is 11.2. The van der Waals surface area contributed by atoms with Gasteiger partial charge in [0, 0.05) is 44.6 Å². The van der Waals surface area contributed by atoms with Crippen molar-refractivity contribution in [1.29, 1.82) is 0 Å². The third kappa shape index (κ3) is 19.3. The Hall–Kier alpha value is 0.743. The van der Waals surface area contributed by atoms with Crippen molar-refractivity contribution in [1.82, 2.24) is 0 Å². The minimum atomic E-state index is -0.657. The molecule has 0 spiro atoms. The maximum absolute atomic E-state index is 10.3. The molecule has 0 atom stereocenters. The van der Waals surface area contributed by atoms with Gasteiger partial charge in [-0.2, -0.15) is 0 Å². The molecular formula is C14H28DyO2. The van der Waals surface area contributed by atoms with Crippen molar-refractivity contribution in [3.8, 4) is 0 Å². The van der Waals surface area contributed by atoms with Gasteiger partial charge in [-0.05, 0) is 6.42 Å². The number of unbranched alkanes of at least 4 members (excludes halogenated alkanes) is 10. The summed E-state index contributed by atoms with van der Waals surface area (Å²) in [6.07, 6.45) is 14.4. The predicted molar refractivity (Wildman–Crippen MR) is 68.7 cm³/mol. The monoisotopic (exact) mass is 392 g/mol. The first kappa shape index (κ1) is 20.1. The number of carbonyl (C=O) groups is 1. The van der Waals surface area contributed by atoms with Crippen LogP contribution in [0.25, 0.3) is 0 Å². The molecule has 17 heavy (non-hydrogen) atoms. The normalized spacial score (nSPS) is 9.94. The van der Waals surface area contributed by atoms with Crippen molar-refractivity contribution in [3.05, 3.63) is 0 Å². The third-order valence-corrected chi connectivity index (χ3v) is 2.99. The van der Waals surface area contributed by atoms with Crippen molar-refractivity contribution in [2.24, 2.45) is 0 Å². The Morgan fingerprint density at radius 3 is 1.47 bits per heavy atom. The van der Waals surface area contributed by atoms with Gasteiger partial charge in [-0.15, -0.1) is 0 Å². The smallest absolute Gasteiger partial charge is 0.303 e. The van der Waals surface area contributed by atoms with Crippen LogP contribution >= 0.6 is 0 Å². The van der Waals surface area contributed by atoms with Gasteiger partial charge in [0.1, 0.15) is 0 Å². The molecule has 0 aliphatic rings. The molecule has 0 saturated carbocycles. The molecule has 0 rings (SSSR count). The Morgan fingerprint density at radius 2 is 1.12 bits per heavy atom. The standard InChI is InChI=1S/C14H28O2.Dy/c1-2-3-4-5-6-7-8-9-10-11-12-13-14(15)16;/h2-13H2,1H3,(H,15,16);. The molecule has 0 unspecified atom stereocenters. The van der Waals surface area contributed by atoms with E-state index in [4.69, 9.17) is 5.11 Å². The van der Waals surface area contributed by atoms with Gasteiger partial charge in [-0.1, -0.05) is 71.1 Å². The summed E-state index contributed by atoms with van der Waals surface area (Å²) in [6, 6.07) is 0. The second-order valence-corrected chi connectivity index (χ2v) is 4.68. The molecule has 3 heteroatoms. The van der Waals surface area contributed by atoms with E-state index in [1.807, 2.05) is 0 Å². The molecule has 0 fully saturated rings. The second kappa shape index (κ2) is 16.7. The fourth-order valence-electron chi connectivity index (χ4n) is 1.94. The average Bonchev–Trinajstić information content (AvgIpc) is 2.25. The molecular weight excluding hydrogens is 363 g/mol. The largest absolute Gasteiger partial charge is 0.481 e. The van der Waals surface area contributed by atoms with Gasteiger partial charge in [0.15, 0.2) is 0 Å². The van der Waals surface area contributed by atoms with Gasteiger partial charge in [0.05, 0.1) is 0 Å². The number of hydrogen-bond acceptors (Lipinski definition) is 1. The summed E-state index contributed by atoms with van der Waals surface area (Å²) in [5.74, 6) is -0.657. The number of aliphatic carboxylic acids is 1. The van der Waals surface area contributed by atoms with E-state index in [1.54, 1.807) is 0 Å². The van der Waals surface area contributed by atoms with E-state index in [-0.39, 0.29) is 38.2 Å². The van der Waals surface area contributed by atoms with Crippen LogP contribution in [0.5, 0.6) is 0 Å². The summed E-state index contributed by atoms with van der Waals surface area (Å²) in [7, 11) is 0.